The molecule has 2 rings (SSSR count). The minimum atomic E-state index is 0.730. The molecule has 1 aromatic carbocycles. The summed E-state index contributed by atoms with van der Waals surface area (Å²) in [5.41, 5.74) is 3.04. The smallest absolute Gasteiger partial charge is 0.0402 e. The molecule has 0 radical (unpaired) electrons. The van der Waals surface area contributed by atoms with E-state index < -0.39 is 0 Å². The molecule has 1 nitrogen and oxygen atoms in total. The topological polar surface area (TPSA) is 3.24 Å². The summed E-state index contributed by atoms with van der Waals surface area (Å²) >= 11 is 0. The highest BCUT2D eigenvalue weighted by molar-refractivity contribution is 5.60. The quantitative estimate of drug-likeness (QED) is 0.735. The molecular weight excluding hydrogens is 194 g/mol. The second-order valence-corrected chi connectivity index (χ2v) is 5.21. The fraction of sp³-hybridized carbons (Fsp3) is 0.600. The van der Waals surface area contributed by atoms with Crippen LogP contribution < -0.4 is 4.90 Å². The van der Waals surface area contributed by atoms with Gasteiger partial charge in [0.2, 0.25) is 0 Å². The van der Waals surface area contributed by atoms with Gasteiger partial charge in [0.1, 0.15) is 0 Å². The van der Waals surface area contributed by atoms with Crippen molar-refractivity contribution in [2.24, 2.45) is 5.92 Å². The fourth-order valence-corrected chi connectivity index (χ4v) is 2.65. The van der Waals surface area contributed by atoms with E-state index >= 15 is 0 Å². The van der Waals surface area contributed by atoms with Gasteiger partial charge in [0.25, 0.3) is 0 Å². The summed E-state index contributed by atoms with van der Waals surface area (Å²) in [6, 6.07) is 8.94. The highest BCUT2D eigenvalue weighted by Gasteiger charge is 2.29. The molecule has 1 aliphatic rings. The molecule has 16 heavy (non-hydrogen) atoms. The molecule has 0 spiro atoms. The van der Waals surface area contributed by atoms with Crippen molar-refractivity contribution >= 4 is 5.69 Å². The van der Waals surface area contributed by atoms with Crippen molar-refractivity contribution in [1.82, 2.24) is 0 Å². The summed E-state index contributed by atoms with van der Waals surface area (Å²) in [4.78, 5) is 2.57. The van der Waals surface area contributed by atoms with Gasteiger partial charge in [-0.1, -0.05) is 45.4 Å². The van der Waals surface area contributed by atoms with Crippen LogP contribution in [0.1, 0.15) is 45.1 Å². The molecular formula is C15H23N. The highest BCUT2D eigenvalue weighted by Crippen LogP contribution is 2.39. The standard InChI is InChI=1S/C15H23N/c1-4-5-10-16-11-14(12(2)3)13-8-6-7-9-15(13)16/h6-9,12,14H,4-5,10-11H2,1-3H3. The monoisotopic (exact) mass is 217 g/mol. The van der Waals surface area contributed by atoms with E-state index in [0.717, 1.165) is 11.8 Å². The van der Waals surface area contributed by atoms with Crippen molar-refractivity contribution in [2.45, 2.75) is 39.5 Å². The molecule has 0 saturated carbocycles. The number of para-hydroxylation sites is 1. The zero-order chi connectivity index (χ0) is 11.5. The van der Waals surface area contributed by atoms with Gasteiger partial charge in [0, 0.05) is 24.7 Å². The molecule has 0 bridgehead atoms. The van der Waals surface area contributed by atoms with Crippen LogP contribution in [0.3, 0.4) is 0 Å². The maximum Gasteiger partial charge on any atom is 0.0402 e. The molecule has 0 fully saturated rings. The molecule has 88 valence electrons. The van der Waals surface area contributed by atoms with Crippen LogP contribution in [0, 0.1) is 5.92 Å². The Morgan fingerprint density at radius 1 is 1.31 bits per heavy atom. The van der Waals surface area contributed by atoms with E-state index in [9.17, 15) is 0 Å². The van der Waals surface area contributed by atoms with Crippen LogP contribution in [-0.4, -0.2) is 13.1 Å². The first-order chi connectivity index (χ1) is 7.74. The molecule has 1 heteroatoms. The molecule has 1 heterocycles. The van der Waals surface area contributed by atoms with Gasteiger partial charge in [0.05, 0.1) is 0 Å². The third-order valence-electron chi connectivity index (χ3n) is 3.68. The number of hydrogen-bond donors (Lipinski definition) is 0. The predicted molar refractivity (Wildman–Crippen MR) is 71.1 cm³/mol. The minimum absolute atomic E-state index is 0.730. The summed E-state index contributed by atoms with van der Waals surface area (Å²) in [5.74, 6) is 1.47. The van der Waals surface area contributed by atoms with Crippen molar-refractivity contribution in [2.75, 3.05) is 18.0 Å². The van der Waals surface area contributed by atoms with E-state index in [1.807, 2.05) is 0 Å². The molecule has 0 aromatic heterocycles. The van der Waals surface area contributed by atoms with Crippen LogP contribution in [0.2, 0.25) is 0 Å². The summed E-state index contributed by atoms with van der Waals surface area (Å²) in [7, 11) is 0. The number of anilines is 1. The molecule has 0 aliphatic carbocycles. The highest BCUT2D eigenvalue weighted by atomic mass is 15.2. The Kier molecular flexibility index (Phi) is 3.52. The van der Waals surface area contributed by atoms with Gasteiger partial charge in [-0.3, -0.25) is 0 Å². The van der Waals surface area contributed by atoms with Crippen LogP contribution in [0.15, 0.2) is 24.3 Å². The third-order valence-corrected chi connectivity index (χ3v) is 3.68. The van der Waals surface area contributed by atoms with E-state index in [2.05, 4.69) is 49.9 Å². The van der Waals surface area contributed by atoms with Gasteiger partial charge in [-0.15, -0.1) is 0 Å². The van der Waals surface area contributed by atoms with Gasteiger partial charge in [-0.25, -0.2) is 0 Å². The van der Waals surface area contributed by atoms with Gasteiger partial charge in [-0.2, -0.15) is 0 Å². The van der Waals surface area contributed by atoms with Crippen LogP contribution in [0.5, 0.6) is 0 Å². The van der Waals surface area contributed by atoms with Gasteiger partial charge < -0.3 is 4.90 Å². The normalized spacial score (nSPS) is 19.2. The fourth-order valence-electron chi connectivity index (χ4n) is 2.65. The molecule has 1 aromatic rings. The van der Waals surface area contributed by atoms with E-state index in [-0.39, 0.29) is 0 Å². The first kappa shape index (κ1) is 11.5. The average molecular weight is 217 g/mol. The first-order valence-electron chi connectivity index (χ1n) is 6.58. The number of nitrogens with zero attached hydrogens (tertiary/aromatic N) is 1. The van der Waals surface area contributed by atoms with Crippen LogP contribution in [0.25, 0.3) is 0 Å². The molecule has 1 atom stereocenters. The second-order valence-electron chi connectivity index (χ2n) is 5.21. The summed E-state index contributed by atoms with van der Waals surface area (Å²) in [6.45, 7) is 9.38. The number of benzene rings is 1. The van der Waals surface area contributed by atoms with E-state index in [1.54, 1.807) is 5.56 Å². The first-order valence-corrected chi connectivity index (χ1v) is 6.58. The van der Waals surface area contributed by atoms with E-state index in [4.69, 9.17) is 0 Å². The van der Waals surface area contributed by atoms with Crippen LogP contribution in [0.4, 0.5) is 5.69 Å². The zero-order valence-electron chi connectivity index (χ0n) is 10.7. The minimum Gasteiger partial charge on any atom is -0.371 e. The van der Waals surface area contributed by atoms with Gasteiger partial charge in [-0.05, 0) is 24.0 Å². The van der Waals surface area contributed by atoms with Crippen LogP contribution in [-0.2, 0) is 0 Å². The molecule has 0 amide bonds. The summed E-state index contributed by atoms with van der Waals surface area (Å²) < 4.78 is 0. The van der Waals surface area contributed by atoms with Crippen molar-refractivity contribution in [3.8, 4) is 0 Å². The number of unbranched alkanes of at least 4 members (excludes halogenated alkanes) is 1. The van der Waals surface area contributed by atoms with Crippen molar-refractivity contribution < 1.29 is 0 Å². The van der Waals surface area contributed by atoms with Crippen LogP contribution >= 0.6 is 0 Å². The van der Waals surface area contributed by atoms with E-state index in [0.29, 0.717) is 0 Å². The third kappa shape index (κ3) is 2.09. The largest absolute Gasteiger partial charge is 0.371 e. The SMILES string of the molecule is CCCCN1CC(C(C)C)c2ccccc21. The molecule has 0 saturated heterocycles. The predicted octanol–water partition coefficient (Wildman–Crippen LogP) is 4.05. The Labute approximate surface area is 99.5 Å². The molecule has 1 aliphatic heterocycles. The van der Waals surface area contributed by atoms with Gasteiger partial charge >= 0.3 is 0 Å². The maximum absolute atomic E-state index is 2.57. The maximum atomic E-state index is 2.57. The average Bonchev–Trinajstić information content (AvgIpc) is 2.65. The molecule has 0 N–H and O–H groups in total. The Balaban J connectivity index is 2.21. The lowest BCUT2D eigenvalue weighted by Gasteiger charge is -2.20. The summed E-state index contributed by atoms with van der Waals surface area (Å²) in [5, 5.41) is 0. The van der Waals surface area contributed by atoms with Crippen molar-refractivity contribution in [1.29, 1.82) is 0 Å². The van der Waals surface area contributed by atoms with Crippen molar-refractivity contribution in [3.05, 3.63) is 29.8 Å². The lowest BCUT2D eigenvalue weighted by molar-refractivity contribution is 0.512. The lowest BCUT2D eigenvalue weighted by atomic mass is 9.90. The Bertz CT molecular complexity index is 343. The lowest BCUT2D eigenvalue weighted by Crippen LogP contribution is -2.24. The zero-order valence-corrected chi connectivity index (χ0v) is 10.7. The second kappa shape index (κ2) is 4.90. The van der Waals surface area contributed by atoms with E-state index in [1.165, 1.54) is 31.6 Å². The Morgan fingerprint density at radius 2 is 2.06 bits per heavy atom. The van der Waals surface area contributed by atoms with Gasteiger partial charge in [0.15, 0.2) is 0 Å². The Morgan fingerprint density at radius 3 is 2.75 bits per heavy atom. The number of rotatable bonds is 4. The number of hydrogen-bond acceptors (Lipinski definition) is 1. The molecule has 1 unspecified atom stereocenters. The Hall–Kier alpha value is -0.980. The summed E-state index contributed by atoms with van der Waals surface area (Å²) in [6.07, 6.45) is 2.59. The number of fused-ring (bicyclic) bond motifs is 1. The van der Waals surface area contributed by atoms with Crippen molar-refractivity contribution in [3.63, 3.8) is 0 Å².